The van der Waals surface area contributed by atoms with Crippen LogP contribution in [-0.4, -0.2) is 40.6 Å². The molecule has 1 aliphatic rings. The molecule has 0 spiro atoms. The Morgan fingerprint density at radius 3 is 2.48 bits per heavy atom. The molecule has 0 radical (unpaired) electrons. The predicted octanol–water partition coefficient (Wildman–Crippen LogP) is 2.76. The third-order valence-electron chi connectivity index (χ3n) is 5.39. The maximum absolute atomic E-state index is 12.9. The van der Waals surface area contributed by atoms with Gasteiger partial charge >= 0.3 is 6.18 Å². The lowest BCUT2D eigenvalue weighted by molar-refractivity contribution is -0.137. The van der Waals surface area contributed by atoms with Crippen LogP contribution in [0.25, 0.3) is 22.2 Å². The van der Waals surface area contributed by atoms with Gasteiger partial charge in [-0.05, 0) is 35.7 Å². The maximum Gasteiger partial charge on any atom is 0.416 e. The second-order valence-corrected chi connectivity index (χ2v) is 7.46. The summed E-state index contributed by atoms with van der Waals surface area (Å²) < 4.78 is 38.7. The average Bonchev–Trinajstić information content (AvgIpc) is 3.26. The fourth-order valence-electron chi connectivity index (χ4n) is 3.79. The number of hydrogen-bond acceptors (Lipinski definition) is 3. The van der Waals surface area contributed by atoms with Crippen molar-refractivity contribution < 1.29 is 27.9 Å². The molecular formula is C22H20F3N3O3. The first kappa shape index (κ1) is 20.9. The lowest BCUT2D eigenvalue weighted by atomic mass is 10.00. The molecule has 1 saturated heterocycles. The molecule has 6 nitrogen and oxygen atoms in total. The number of aromatic amines is 1. The number of aromatic nitrogens is 1. The quantitative estimate of drug-likeness (QED) is 0.501. The number of halogens is 3. The molecule has 0 aliphatic carbocycles. The Morgan fingerprint density at radius 2 is 1.84 bits per heavy atom. The molecule has 2 heterocycles. The summed E-state index contributed by atoms with van der Waals surface area (Å²) in [5.41, 5.74) is 2.08. The number of rotatable bonds is 5. The Kier molecular flexibility index (Phi) is 5.45. The fourth-order valence-corrected chi connectivity index (χ4v) is 3.79. The van der Waals surface area contributed by atoms with E-state index in [9.17, 15) is 27.9 Å². The van der Waals surface area contributed by atoms with Crippen molar-refractivity contribution in [2.24, 2.45) is 0 Å². The molecule has 1 aliphatic heterocycles. The number of aliphatic hydroxyl groups excluding tert-OH is 1. The monoisotopic (exact) mass is 431 g/mol. The number of hydrogen-bond donors (Lipinski definition) is 4. The highest BCUT2D eigenvalue weighted by Crippen LogP contribution is 2.34. The summed E-state index contributed by atoms with van der Waals surface area (Å²) in [7, 11) is 0. The number of H-pyrrole nitrogens is 1. The number of nitrogens with one attached hydrogen (secondary N) is 3. The molecule has 0 saturated carbocycles. The third kappa shape index (κ3) is 4.27. The van der Waals surface area contributed by atoms with Gasteiger partial charge in [0.05, 0.1) is 5.56 Å². The summed E-state index contributed by atoms with van der Waals surface area (Å²) >= 11 is 0. The highest BCUT2D eigenvalue weighted by molar-refractivity contribution is 5.92. The lowest BCUT2D eigenvalue weighted by Crippen LogP contribution is -2.45. The Labute approximate surface area is 175 Å². The van der Waals surface area contributed by atoms with E-state index in [1.165, 1.54) is 12.1 Å². The smallest absolute Gasteiger partial charge is 0.389 e. The van der Waals surface area contributed by atoms with Crippen LogP contribution < -0.4 is 10.6 Å². The second kappa shape index (κ2) is 8.07. The molecule has 31 heavy (non-hydrogen) atoms. The van der Waals surface area contributed by atoms with E-state index >= 15 is 0 Å². The number of para-hydroxylation sites is 1. The number of carbonyl (C=O) groups excluding carboxylic acids is 2. The van der Waals surface area contributed by atoms with E-state index in [0.717, 1.165) is 28.6 Å². The minimum atomic E-state index is -4.42. The first-order valence-electron chi connectivity index (χ1n) is 9.76. The van der Waals surface area contributed by atoms with Crippen LogP contribution in [0.15, 0.2) is 48.5 Å². The van der Waals surface area contributed by atoms with Gasteiger partial charge in [-0.25, -0.2) is 0 Å². The summed E-state index contributed by atoms with van der Waals surface area (Å²) in [4.78, 5) is 27.3. The van der Waals surface area contributed by atoms with Gasteiger partial charge < -0.3 is 20.7 Å². The normalized spacial score (nSPS) is 18.9. The van der Waals surface area contributed by atoms with Crippen molar-refractivity contribution in [3.05, 3.63) is 59.7 Å². The van der Waals surface area contributed by atoms with Gasteiger partial charge in [0.25, 0.3) is 0 Å². The Hall–Kier alpha value is -3.33. The van der Waals surface area contributed by atoms with Gasteiger partial charge in [-0.15, -0.1) is 0 Å². The van der Waals surface area contributed by atoms with Gasteiger partial charge in [0.1, 0.15) is 12.1 Å². The molecule has 0 bridgehead atoms. The van der Waals surface area contributed by atoms with Crippen LogP contribution in [0.1, 0.15) is 17.5 Å². The Morgan fingerprint density at radius 1 is 1.13 bits per heavy atom. The molecular weight excluding hydrogens is 411 g/mol. The van der Waals surface area contributed by atoms with Gasteiger partial charge in [-0.3, -0.25) is 9.59 Å². The van der Waals surface area contributed by atoms with Crippen LogP contribution >= 0.6 is 0 Å². The number of amides is 2. The summed E-state index contributed by atoms with van der Waals surface area (Å²) in [6, 6.07) is 11.3. The van der Waals surface area contributed by atoms with Crippen LogP contribution in [0.4, 0.5) is 13.2 Å². The van der Waals surface area contributed by atoms with Crippen LogP contribution in [0.5, 0.6) is 0 Å². The number of carbonyl (C=O) groups is 2. The molecule has 1 aromatic heterocycles. The molecule has 2 amide bonds. The van der Waals surface area contributed by atoms with Crippen molar-refractivity contribution in [3.8, 4) is 11.3 Å². The standard InChI is InChI=1S/C22H20F3N3O3/c23-22(24,25)13-7-5-12(6-8-13)19-15(14-3-1-2-4-16(14)27-19)9-10-18(30)28-20-17(29)11-26-21(20)31/h1-8,17,20,27,29H,9-11H2,(H,26,31)(H,28,30)/t17-,20+/m1/s1. The summed E-state index contributed by atoms with van der Waals surface area (Å²) in [5.74, 6) is -0.830. The molecule has 9 heteroatoms. The lowest BCUT2D eigenvalue weighted by Gasteiger charge is -2.14. The minimum Gasteiger partial charge on any atom is -0.389 e. The van der Waals surface area contributed by atoms with Crippen LogP contribution in [-0.2, 0) is 22.2 Å². The van der Waals surface area contributed by atoms with Gasteiger partial charge in [-0.2, -0.15) is 13.2 Å². The number of aliphatic hydroxyl groups is 1. The highest BCUT2D eigenvalue weighted by Gasteiger charge is 2.34. The van der Waals surface area contributed by atoms with E-state index in [2.05, 4.69) is 15.6 Å². The molecule has 162 valence electrons. The van der Waals surface area contributed by atoms with Crippen molar-refractivity contribution in [3.63, 3.8) is 0 Å². The summed E-state index contributed by atoms with van der Waals surface area (Å²) in [5, 5.41) is 15.7. The second-order valence-electron chi connectivity index (χ2n) is 7.46. The van der Waals surface area contributed by atoms with E-state index < -0.39 is 35.7 Å². The SMILES string of the molecule is O=C(CCc1c(-c2ccc(C(F)(F)F)cc2)[nH]c2ccccc12)N[C@@H]1C(=O)NC[C@H]1O. The van der Waals surface area contributed by atoms with Crippen molar-refractivity contribution in [2.75, 3.05) is 6.54 Å². The molecule has 2 aromatic carbocycles. The maximum atomic E-state index is 12.9. The Bertz CT molecular complexity index is 1120. The predicted molar refractivity (Wildman–Crippen MR) is 108 cm³/mol. The molecule has 0 unspecified atom stereocenters. The van der Waals surface area contributed by atoms with E-state index in [-0.39, 0.29) is 13.0 Å². The van der Waals surface area contributed by atoms with Crippen molar-refractivity contribution in [1.29, 1.82) is 0 Å². The zero-order valence-corrected chi connectivity index (χ0v) is 16.3. The van der Waals surface area contributed by atoms with Crippen LogP contribution in [0.3, 0.4) is 0 Å². The van der Waals surface area contributed by atoms with Crippen molar-refractivity contribution in [1.82, 2.24) is 15.6 Å². The fraction of sp³-hybridized carbons (Fsp3) is 0.273. The van der Waals surface area contributed by atoms with E-state index in [1.807, 2.05) is 24.3 Å². The van der Waals surface area contributed by atoms with E-state index in [0.29, 0.717) is 17.7 Å². The average molecular weight is 431 g/mol. The number of fused-ring (bicyclic) bond motifs is 1. The number of alkyl halides is 3. The highest BCUT2D eigenvalue weighted by atomic mass is 19.4. The zero-order valence-electron chi connectivity index (χ0n) is 16.3. The molecule has 3 aromatic rings. The van der Waals surface area contributed by atoms with Crippen molar-refractivity contribution >= 4 is 22.7 Å². The van der Waals surface area contributed by atoms with Crippen LogP contribution in [0.2, 0.25) is 0 Å². The summed E-state index contributed by atoms with van der Waals surface area (Å²) in [6.07, 6.45) is -5.05. The summed E-state index contributed by atoms with van der Waals surface area (Å²) in [6.45, 7) is 0.0876. The largest absolute Gasteiger partial charge is 0.416 e. The van der Waals surface area contributed by atoms with E-state index in [4.69, 9.17) is 0 Å². The first-order chi connectivity index (χ1) is 14.7. The molecule has 4 N–H and O–H groups in total. The number of aryl methyl sites for hydroxylation is 1. The molecule has 4 rings (SSSR count). The van der Waals surface area contributed by atoms with E-state index in [1.54, 1.807) is 0 Å². The van der Waals surface area contributed by atoms with Gasteiger partial charge in [0.15, 0.2) is 0 Å². The number of β-amino-alcohol motifs (C(OH)–C–C–N with tert-alkyl or cyclic N) is 1. The Balaban J connectivity index is 1.58. The third-order valence-corrected chi connectivity index (χ3v) is 5.39. The van der Waals surface area contributed by atoms with Gasteiger partial charge in [-0.1, -0.05) is 30.3 Å². The topological polar surface area (TPSA) is 94.2 Å². The first-order valence-corrected chi connectivity index (χ1v) is 9.76. The van der Waals surface area contributed by atoms with Crippen molar-refractivity contribution in [2.45, 2.75) is 31.2 Å². The van der Waals surface area contributed by atoms with Crippen LogP contribution in [0, 0.1) is 0 Å². The zero-order chi connectivity index (χ0) is 22.2. The van der Waals surface area contributed by atoms with Gasteiger partial charge in [0.2, 0.25) is 11.8 Å². The minimum absolute atomic E-state index is 0.0476. The number of benzene rings is 2. The molecule has 2 atom stereocenters. The molecule has 1 fully saturated rings. The van der Waals surface area contributed by atoms with Gasteiger partial charge in [0, 0.05) is 29.6 Å².